The van der Waals surface area contributed by atoms with Crippen molar-refractivity contribution < 1.29 is 9.13 Å². The third-order valence-corrected chi connectivity index (χ3v) is 8.34. The summed E-state index contributed by atoms with van der Waals surface area (Å²) < 4.78 is 23.8. The Balaban J connectivity index is 1.16. The van der Waals surface area contributed by atoms with Crippen LogP contribution in [0.5, 0.6) is 5.75 Å². The lowest BCUT2D eigenvalue weighted by molar-refractivity contribution is 0.319. The number of halogens is 1. The largest absolute Gasteiger partial charge is 0.497 e. The highest BCUT2D eigenvalue weighted by atomic mass is 19.1. The van der Waals surface area contributed by atoms with Crippen LogP contribution in [0.15, 0.2) is 85.3 Å². The van der Waals surface area contributed by atoms with Gasteiger partial charge in [0.1, 0.15) is 29.4 Å². The summed E-state index contributed by atoms with van der Waals surface area (Å²) in [6, 6.07) is 23.8. The number of anilines is 2. The maximum atomic E-state index is 14.3. The molecular weight excluding hydrogens is 529 g/mol. The number of nitrogens with zero attached hydrogens (tertiary/aromatic N) is 5. The van der Waals surface area contributed by atoms with E-state index < -0.39 is 0 Å². The Kier molecular flexibility index (Phi) is 6.70. The molecule has 1 fully saturated rings. The van der Waals surface area contributed by atoms with Crippen LogP contribution in [0.1, 0.15) is 37.3 Å². The van der Waals surface area contributed by atoms with Gasteiger partial charge in [0.05, 0.1) is 25.1 Å². The first kappa shape index (κ1) is 26.0. The summed E-state index contributed by atoms with van der Waals surface area (Å²) >= 11 is 0. The fraction of sp³-hybridized carbons (Fsp3) is 0.242. The predicted octanol–water partition coefficient (Wildman–Crippen LogP) is 6.82. The molecule has 0 radical (unpaired) electrons. The predicted molar refractivity (Wildman–Crippen MR) is 164 cm³/mol. The van der Waals surface area contributed by atoms with Crippen LogP contribution in [-0.4, -0.2) is 37.5 Å². The van der Waals surface area contributed by atoms with E-state index in [1.54, 1.807) is 13.2 Å². The second kappa shape index (κ2) is 10.8. The normalized spacial score (nSPS) is 17.1. The molecule has 0 atom stereocenters. The van der Waals surface area contributed by atoms with Gasteiger partial charge in [-0.1, -0.05) is 30.3 Å². The van der Waals surface area contributed by atoms with Crippen molar-refractivity contribution in [3.8, 4) is 17.0 Å². The first-order chi connectivity index (χ1) is 20.6. The number of hydrogen-bond acceptors (Lipinski definition) is 6. The Bertz CT molecular complexity index is 1890. The molecule has 3 heterocycles. The molecule has 3 aromatic heterocycles. The maximum Gasteiger partial charge on any atom is 0.164 e. The third kappa shape index (κ3) is 4.81. The van der Waals surface area contributed by atoms with E-state index in [1.807, 2.05) is 42.6 Å². The molecule has 1 aliphatic rings. The molecule has 1 saturated carbocycles. The van der Waals surface area contributed by atoms with Gasteiger partial charge in [0, 0.05) is 46.0 Å². The number of benzene rings is 3. The molecule has 6 aromatic rings. The fourth-order valence-electron chi connectivity index (χ4n) is 6.16. The van der Waals surface area contributed by atoms with E-state index in [9.17, 15) is 4.39 Å². The van der Waals surface area contributed by atoms with Gasteiger partial charge in [-0.3, -0.25) is 0 Å². The quantitative estimate of drug-likeness (QED) is 0.222. The van der Waals surface area contributed by atoms with Gasteiger partial charge in [-0.25, -0.2) is 19.0 Å². The molecule has 7 rings (SSSR count). The molecular formula is C33H32FN7O. The Morgan fingerprint density at radius 1 is 0.976 bits per heavy atom. The van der Waals surface area contributed by atoms with E-state index in [-0.39, 0.29) is 11.9 Å². The number of aromatic nitrogens is 5. The van der Waals surface area contributed by atoms with E-state index in [4.69, 9.17) is 15.6 Å². The van der Waals surface area contributed by atoms with Gasteiger partial charge in [0.2, 0.25) is 0 Å². The molecule has 3 N–H and O–H groups in total. The van der Waals surface area contributed by atoms with E-state index in [0.717, 1.165) is 70.3 Å². The van der Waals surface area contributed by atoms with Crippen LogP contribution >= 0.6 is 0 Å². The summed E-state index contributed by atoms with van der Waals surface area (Å²) in [4.78, 5) is 8.93. The Hall–Kier alpha value is -4.92. The molecule has 0 unspecified atom stereocenters. The van der Waals surface area contributed by atoms with Crippen LogP contribution in [0.4, 0.5) is 15.9 Å². The van der Waals surface area contributed by atoms with Crippen LogP contribution in [-0.2, 0) is 6.54 Å². The van der Waals surface area contributed by atoms with Crippen molar-refractivity contribution in [3.05, 3.63) is 96.7 Å². The number of rotatable bonds is 7. The standard InChI is InChI=1S/C33H32FN7O/c1-42-27-7-4-6-25(18-27)38-24-10-12-26(13-11-24)41-33-30(32(35)36-20-37-33)31(39-41)22-9-14-29-21(17-22)15-16-40(29)19-23-5-2-3-8-28(23)34/h2-9,14-18,20,24,26,38H,10-13,19H2,1H3,(H2,35,36,37). The lowest BCUT2D eigenvalue weighted by atomic mass is 9.91. The van der Waals surface area contributed by atoms with Crippen molar-refractivity contribution in [2.45, 2.75) is 44.3 Å². The van der Waals surface area contributed by atoms with Gasteiger partial charge in [-0.15, -0.1) is 0 Å². The molecule has 42 heavy (non-hydrogen) atoms. The minimum absolute atomic E-state index is 0.200. The zero-order chi connectivity index (χ0) is 28.6. The molecule has 0 spiro atoms. The van der Waals surface area contributed by atoms with Gasteiger partial charge < -0.3 is 20.4 Å². The Morgan fingerprint density at radius 2 is 1.83 bits per heavy atom. The van der Waals surface area contributed by atoms with Crippen molar-refractivity contribution in [3.63, 3.8) is 0 Å². The lowest BCUT2D eigenvalue weighted by Crippen LogP contribution is -2.28. The fourth-order valence-corrected chi connectivity index (χ4v) is 6.16. The van der Waals surface area contributed by atoms with Gasteiger partial charge in [-0.2, -0.15) is 5.10 Å². The highest BCUT2D eigenvalue weighted by molar-refractivity contribution is 6.00. The Morgan fingerprint density at radius 3 is 2.67 bits per heavy atom. The number of methoxy groups -OCH3 is 1. The van der Waals surface area contributed by atoms with Crippen molar-refractivity contribution in [1.29, 1.82) is 0 Å². The average Bonchev–Trinajstić information content (AvgIpc) is 3.61. The molecule has 0 saturated heterocycles. The summed E-state index contributed by atoms with van der Waals surface area (Å²) in [7, 11) is 1.69. The first-order valence-electron chi connectivity index (χ1n) is 14.3. The first-order valence-corrected chi connectivity index (χ1v) is 14.3. The number of nitrogens with one attached hydrogen (secondary N) is 1. The van der Waals surface area contributed by atoms with E-state index in [2.05, 4.69) is 48.8 Å². The van der Waals surface area contributed by atoms with Gasteiger partial charge >= 0.3 is 0 Å². The third-order valence-electron chi connectivity index (χ3n) is 8.34. The average molecular weight is 562 g/mol. The summed E-state index contributed by atoms with van der Waals surface area (Å²) in [6.07, 6.45) is 7.48. The maximum absolute atomic E-state index is 14.3. The number of fused-ring (bicyclic) bond motifs is 2. The summed E-state index contributed by atoms with van der Waals surface area (Å²) in [5.74, 6) is 1.07. The molecule has 0 aliphatic heterocycles. The minimum Gasteiger partial charge on any atom is -0.497 e. The van der Waals surface area contributed by atoms with Crippen LogP contribution < -0.4 is 15.8 Å². The SMILES string of the molecule is COc1cccc(NC2CCC(n3nc(-c4ccc5c(ccn5Cc5ccccc5F)c4)c4c(N)ncnc43)CC2)c1. The van der Waals surface area contributed by atoms with Gasteiger partial charge in [0.15, 0.2) is 5.65 Å². The highest BCUT2D eigenvalue weighted by Gasteiger charge is 2.27. The number of nitrogen functional groups attached to an aromatic ring is 1. The molecule has 3 aromatic carbocycles. The molecule has 8 nitrogen and oxygen atoms in total. The smallest absolute Gasteiger partial charge is 0.164 e. The van der Waals surface area contributed by atoms with Crippen LogP contribution in [0.3, 0.4) is 0 Å². The van der Waals surface area contributed by atoms with E-state index in [0.29, 0.717) is 24.0 Å². The summed E-state index contributed by atoms with van der Waals surface area (Å²) in [5, 5.41) is 10.6. The topological polar surface area (TPSA) is 95.8 Å². The lowest BCUT2D eigenvalue weighted by Gasteiger charge is -2.30. The van der Waals surface area contributed by atoms with Crippen molar-refractivity contribution >= 4 is 33.4 Å². The number of nitrogens with two attached hydrogens (primary N) is 1. The highest BCUT2D eigenvalue weighted by Crippen LogP contribution is 2.37. The molecule has 9 heteroatoms. The molecule has 0 amide bonds. The number of ether oxygens (including phenoxy) is 1. The van der Waals surface area contributed by atoms with Crippen LogP contribution in [0.25, 0.3) is 33.2 Å². The number of hydrogen-bond donors (Lipinski definition) is 2. The zero-order valence-electron chi connectivity index (χ0n) is 23.4. The monoisotopic (exact) mass is 561 g/mol. The van der Waals surface area contributed by atoms with Crippen molar-refractivity contribution in [2.75, 3.05) is 18.2 Å². The molecule has 212 valence electrons. The molecule has 0 bridgehead atoms. The Labute approximate surface area is 243 Å². The van der Waals surface area contributed by atoms with Crippen molar-refractivity contribution in [1.82, 2.24) is 24.3 Å². The molecule has 1 aliphatic carbocycles. The minimum atomic E-state index is -0.200. The van der Waals surface area contributed by atoms with Crippen LogP contribution in [0, 0.1) is 5.82 Å². The summed E-state index contributed by atoms with van der Waals surface area (Å²) in [6.45, 7) is 0.462. The van der Waals surface area contributed by atoms with Crippen molar-refractivity contribution in [2.24, 2.45) is 0 Å². The van der Waals surface area contributed by atoms with Crippen LogP contribution in [0.2, 0.25) is 0 Å². The van der Waals surface area contributed by atoms with Gasteiger partial charge in [-0.05, 0) is 62.1 Å². The van der Waals surface area contributed by atoms with E-state index in [1.165, 1.54) is 12.4 Å². The zero-order valence-corrected chi connectivity index (χ0v) is 23.4. The second-order valence-electron chi connectivity index (χ2n) is 10.9. The van der Waals surface area contributed by atoms with E-state index >= 15 is 0 Å². The second-order valence-corrected chi connectivity index (χ2v) is 10.9. The van der Waals surface area contributed by atoms with Gasteiger partial charge in [0.25, 0.3) is 0 Å². The summed E-state index contributed by atoms with van der Waals surface area (Å²) in [5.41, 5.74) is 11.7.